The van der Waals surface area contributed by atoms with E-state index in [2.05, 4.69) is 6.07 Å². The molecule has 1 saturated carbocycles. The molecular formula is C29H35NO7. The fraction of sp³-hybridized carbons (Fsp3) is 0.483. The zero-order valence-corrected chi connectivity index (χ0v) is 21.5. The monoisotopic (exact) mass is 509 g/mol. The molecule has 0 saturated heterocycles. The van der Waals surface area contributed by atoms with Gasteiger partial charge in [0, 0.05) is 32.4 Å². The Morgan fingerprint density at radius 3 is 2.24 bits per heavy atom. The van der Waals surface area contributed by atoms with Crippen LogP contribution in [-0.2, 0) is 40.1 Å². The predicted octanol–water partition coefficient (Wildman–Crippen LogP) is 4.59. The number of methoxy groups -OCH3 is 2. The molecule has 0 aromatic heterocycles. The first-order valence-electron chi connectivity index (χ1n) is 12.8. The van der Waals surface area contributed by atoms with E-state index in [1.807, 2.05) is 30.3 Å². The Bertz CT molecular complexity index is 1140. The Hall–Kier alpha value is -3.55. The third kappa shape index (κ3) is 7.02. The molecule has 2 aromatic rings. The molecule has 1 aliphatic carbocycles. The molecule has 2 aromatic carbocycles. The van der Waals surface area contributed by atoms with Crippen LogP contribution in [0, 0.1) is 5.92 Å². The SMILES string of the molecule is COc1ccc(CC(=O)Cc2ccc3c(c2)CCN(C(=O)OC2CCC(CC(=O)O)CC2)C3)cc1OC. The quantitative estimate of drug-likeness (QED) is 0.528. The minimum absolute atomic E-state index is 0.117. The Labute approximate surface area is 217 Å². The highest BCUT2D eigenvalue weighted by Gasteiger charge is 2.28. The van der Waals surface area contributed by atoms with Crippen LogP contribution in [0.25, 0.3) is 0 Å². The van der Waals surface area contributed by atoms with Crippen LogP contribution in [0.1, 0.15) is 54.4 Å². The number of rotatable bonds is 9. The van der Waals surface area contributed by atoms with Gasteiger partial charge in [0.05, 0.1) is 14.2 Å². The number of carboxylic acid groups (broad SMARTS) is 1. The molecule has 8 nitrogen and oxygen atoms in total. The predicted molar refractivity (Wildman–Crippen MR) is 137 cm³/mol. The van der Waals surface area contributed by atoms with Crippen LogP contribution in [0.2, 0.25) is 0 Å². The summed E-state index contributed by atoms with van der Waals surface area (Å²) in [5.74, 6) is 0.767. The summed E-state index contributed by atoms with van der Waals surface area (Å²) >= 11 is 0. The summed E-state index contributed by atoms with van der Waals surface area (Å²) in [5.41, 5.74) is 4.09. The lowest BCUT2D eigenvalue weighted by Crippen LogP contribution is -2.39. The number of hydrogen-bond acceptors (Lipinski definition) is 6. The number of amides is 1. The van der Waals surface area contributed by atoms with Gasteiger partial charge in [0.15, 0.2) is 11.5 Å². The summed E-state index contributed by atoms with van der Waals surface area (Å²) in [4.78, 5) is 38.1. The summed E-state index contributed by atoms with van der Waals surface area (Å²) in [6.45, 7) is 1.06. The van der Waals surface area contributed by atoms with Crippen molar-refractivity contribution < 1.29 is 33.7 Å². The fourth-order valence-corrected chi connectivity index (χ4v) is 5.30. The van der Waals surface area contributed by atoms with Crippen LogP contribution in [0.4, 0.5) is 4.79 Å². The van der Waals surface area contributed by atoms with Gasteiger partial charge < -0.3 is 24.2 Å². The van der Waals surface area contributed by atoms with Crippen molar-refractivity contribution in [3.63, 3.8) is 0 Å². The normalized spacial score (nSPS) is 19.0. The first-order chi connectivity index (χ1) is 17.8. The maximum absolute atomic E-state index is 12.8. The number of fused-ring (bicyclic) bond motifs is 1. The van der Waals surface area contributed by atoms with E-state index in [-0.39, 0.29) is 30.3 Å². The summed E-state index contributed by atoms with van der Waals surface area (Å²) in [5, 5.41) is 8.96. The second-order valence-electron chi connectivity index (χ2n) is 9.98. The van der Waals surface area contributed by atoms with Crippen LogP contribution in [0.15, 0.2) is 36.4 Å². The number of hydrogen-bond donors (Lipinski definition) is 1. The average molecular weight is 510 g/mol. The minimum atomic E-state index is -0.766. The van der Waals surface area contributed by atoms with Gasteiger partial charge in [0.25, 0.3) is 0 Å². The third-order valence-corrected chi connectivity index (χ3v) is 7.32. The van der Waals surface area contributed by atoms with Crippen LogP contribution in [0.5, 0.6) is 11.5 Å². The van der Waals surface area contributed by atoms with E-state index >= 15 is 0 Å². The lowest BCUT2D eigenvalue weighted by Gasteiger charge is -2.32. The first-order valence-corrected chi connectivity index (χ1v) is 12.8. The minimum Gasteiger partial charge on any atom is -0.493 e. The van der Waals surface area contributed by atoms with Gasteiger partial charge in [-0.15, -0.1) is 0 Å². The van der Waals surface area contributed by atoms with E-state index in [1.54, 1.807) is 19.1 Å². The van der Waals surface area contributed by atoms with Crippen molar-refractivity contribution in [3.05, 3.63) is 58.7 Å². The van der Waals surface area contributed by atoms with Gasteiger partial charge in [-0.3, -0.25) is 9.59 Å². The number of benzene rings is 2. The van der Waals surface area contributed by atoms with E-state index < -0.39 is 5.97 Å². The molecular weight excluding hydrogens is 474 g/mol. The van der Waals surface area contributed by atoms with E-state index in [0.717, 1.165) is 47.9 Å². The number of nitrogens with zero attached hydrogens (tertiary/aromatic N) is 1. The number of carbonyl (C=O) groups excluding carboxylic acids is 2. The molecule has 37 heavy (non-hydrogen) atoms. The lowest BCUT2D eigenvalue weighted by molar-refractivity contribution is -0.138. The highest BCUT2D eigenvalue weighted by Crippen LogP contribution is 2.30. The molecule has 0 unspecified atom stereocenters. The molecule has 1 aliphatic heterocycles. The molecule has 0 radical (unpaired) electrons. The number of ether oxygens (including phenoxy) is 3. The lowest BCUT2D eigenvalue weighted by atomic mass is 9.85. The molecule has 0 atom stereocenters. The first kappa shape index (κ1) is 26.5. The van der Waals surface area contributed by atoms with Crippen LogP contribution in [0.3, 0.4) is 0 Å². The van der Waals surface area contributed by atoms with Gasteiger partial charge in [-0.1, -0.05) is 24.3 Å². The van der Waals surface area contributed by atoms with Gasteiger partial charge in [-0.2, -0.15) is 0 Å². The summed E-state index contributed by atoms with van der Waals surface area (Å²) < 4.78 is 16.3. The second-order valence-corrected chi connectivity index (χ2v) is 9.98. The molecule has 2 aliphatic rings. The third-order valence-electron chi connectivity index (χ3n) is 7.32. The van der Waals surface area contributed by atoms with Crippen molar-refractivity contribution in [2.45, 2.75) is 64.0 Å². The highest BCUT2D eigenvalue weighted by molar-refractivity contribution is 5.83. The molecule has 0 bridgehead atoms. The Morgan fingerprint density at radius 2 is 1.57 bits per heavy atom. The Kier molecular flexibility index (Phi) is 8.69. The molecule has 1 N–H and O–H groups in total. The van der Waals surface area contributed by atoms with Crippen molar-refractivity contribution in [3.8, 4) is 11.5 Å². The van der Waals surface area contributed by atoms with Crippen LogP contribution >= 0.6 is 0 Å². The van der Waals surface area contributed by atoms with E-state index in [0.29, 0.717) is 43.9 Å². The van der Waals surface area contributed by atoms with Crippen molar-refractivity contribution >= 4 is 17.8 Å². The van der Waals surface area contributed by atoms with E-state index in [4.69, 9.17) is 19.3 Å². The van der Waals surface area contributed by atoms with Crippen LogP contribution in [-0.4, -0.2) is 54.7 Å². The number of carbonyl (C=O) groups is 3. The molecule has 198 valence electrons. The van der Waals surface area contributed by atoms with Crippen molar-refractivity contribution in [1.82, 2.24) is 4.90 Å². The van der Waals surface area contributed by atoms with E-state index in [1.165, 1.54) is 0 Å². The van der Waals surface area contributed by atoms with E-state index in [9.17, 15) is 14.4 Å². The van der Waals surface area contributed by atoms with Gasteiger partial charge in [0.2, 0.25) is 0 Å². The fourth-order valence-electron chi connectivity index (χ4n) is 5.30. The van der Waals surface area contributed by atoms with Crippen molar-refractivity contribution in [2.24, 2.45) is 5.92 Å². The molecule has 1 fully saturated rings. The summed E-state index contributed by atoms with van der Waals surface area (Å²) in [7, 11) is 3.16. The molecule has 1 amide bonds. The average Bonchev–Trinajstić information content (AvgIpc) is 2.89. The Morgan fingerprint density at radius 1 is 0.892 bits per heavy atom. The second kappa shape index (κ2) is 12.1. The summed E-state index contributed by atoms with van der Waals surface area (Å²) in [6.07, 6.45) is 4.11. The van der Waals surface area contributed by atoms with Crippen molar-refractivity contribution in [2.75, 3.05) is 20.8 Å². The molecule has 0 spiro atoms. The number of ketones is 1. The van der Waals surface area contributed by atoms with Gasteiger partial charge in [-0.05, 0) is 72.4 Å². The topological polar surface area (TPSA) is 102 Å². The smallest absolute Gasteiger partial charge is 0.410 e. The number of carboxylic acids is 1. The molecule has 4 rings (SSSR count). The maximum Gasteiger partial charge on any atom is 0.410 e. The number of Topliss-reactive ketones (excluding diaryl/α,β-unsaturated/α-hetero) is 1. The van der Waals surface area contributed by atoms with Gasteiger partial charge in [0.1, 0.15) is 11.9 Å². The highest BCUT2D eigenvalue weighted by atomic mass is 16.6. The maximum atomic E-state index is 12.8. The van der Waals surface area contributed by atoms with Gasteiger partial charge >= 0.3 is 12.1 Å². The number of aliphatic carboxylic acids is 1. The zero-order chi connectivity index (χ0) is 26.4. The van der Waals surface area contributed by atoms with Crippen molar-refractivity contribution in [1.29, 1.82) is 0 Å². The molecule has 8 heteroatoms. The Balaban J connectivity index is 1.28. The van der Waals surface area contributed by atoms with Gasteiger partial charge in [-0.25, -0.2) is 4.79 Å². The molecule has 1 heterocycles. The summed E-state index contributed by atoms with van der Waals surface area (Å²) in [6, 6.07) is 11.6. The standard InChI is InChI=1S/C29H35NO7/c1-35-26-10-6-21(16-27(26)36-2)15-24(31)14-20-3-7-23-18-30(12-11-22(23)13-20)29(34)37-25-8-4-19(5-9-25)17-28(32)33/h3,6-7,10,13,16,19,25H,4-5,8-9,11-12,14-15,17-18H2,1-2H3,(H,32,33). The zero-order valence-electron chi connectivity index (χ0n) is 21.5. The largest absolute Gasteiger partial charge is 0.493 e. The van der Waals surface area contributed by atoms with Crippen LogP contribution < -0.4 is 9.47 Å².